The van der Waals surface area contributed by atoms with Crippen molar-refractivity contribution in [3.8, 4) is 11.3 Å². The van der Waals surface area contributed by atoms with Crippen LogP contribution in [-0.4, -0.2) is 15.6 Å². The third-order valence-electron chi connectivity index (χ3n) is 3.58. The second-order valence-electron chi connectivity index (χ2n) is 4.90. The van der Waals surface area contributed by atoms with E-state index in [0.29, 0.717) is 5.56 Å². The zero-order valence-corrected chi connectivity index (χ0v) is 11.8. The van der Waals surface area contributed by atoms with Crippen LogP contribution in [-0.2, 0) is 6.54 Å². The van der Waals surface area contributed by atoms with Crippen LogP contribution in [0.15, 0.2) is 24.3 Å². The van der Waals surface area contributed by atoms with E-state index in [0.717, 1.165) is 29.1 Å². The highest BCUT2D eigenvalue weighted by Crippen LogP contribution is 2.29. The fourth-order valence-electron chi connectivity index (χ4n) is 2.50. The van der Waals surface area contributed by atoms with Crippen molar-refractivity contribution >= 4 is 5.97 Å². The van der Waals surface area contributed by atoms with Gasteiger partial charge in [0, 0.05) is 23.5 Å². The molecule has 1 N–H and O–H groups in total. The summed E-state index contributed by atoms with van der Waals surface area (Å²) in [5.74, 6) is -0.865. The van der Waals surface area contributed by atoms with Crippen molar-refractivity contribution in [2.75, 3.05) is 0 Å². The number of hydrogen-bond donors (Lipinski definition) is 1. The van der Waals surface area contributed by atoms with Gasteiger partial charge in [0.05, 0.1) is 5.56 Å². The van der Waals surface area contributed by atoms with Crippen molar-refractivity contribution in [1.29, 1.82) is 0 Å². The van der Waals surface area contributed by atoms with Crippen molar-refractivity contribution in [3.05, 3.63) is 46.6 Å². The Balaban J connectivity index is 2.71. The summed E-state index contributed by atoms with van der Waals surface area (Å²) < 4.78 is 2.06. The second kappa shape index (κ2) is 4.92. The van der Waals surface area contributed by atoms with Gasteiger partial charge in [-0.25, -0.2) is 4.79 Å². The summed E-state index contributed by atoms with van der Waals surface area (Å²) in [4.78, 5) is 11.3. The number of aromatic nitrogens is 1. The van der Waals surface area contributed by atoms with E-state index >= 15 is 0 Å². The Morgan fingerprint density at radius 1 is 1.21 bits per heavy atom. The van der Waals surface area contributed by atoms with Crippen LogP contribution in [0.1, 0.15) is 34.1 Å². The Morgan fingerprint density at radius 2 is 1.89 bits per heavy atom. The minimum atomic E-state index is -0.865. The molecule has 0 saturated heterocycles. The highest BCUT2D eigenvalue weighted by Gasteiger charge is 2.17. The van der Waals surface area contributed by atoms with Crippen LogP contribution in [0, 0.1) is 20.8 Å². The zero-order valence-electron chi connectivity index (χ0n) is 11.8. The summed E-state index contributed by atoms with van der Waals surface area (Å²) >= 11 is 0. The molecule has 3 heteroatoms. The van der Waals surface area contributed by atoms with Crippen LogP contribution < -0.4 is 0 Å². The smallest absolute Gasteiger partial charge is 0.337 e. The molecule has 0 aliphatic carbocycles. The predicted molar refractivity (Wildman–Crippen MR) is 76.7 cm³/mol. The van der Waals surface area contributed by atoms with Crippen molar-refractivity contribution in [3.63, 3.8) is 0 Å². The molecule has 0 radical (unpaired) electrons. The van der Waals surface area contributed by atoms with Crippen molar-refractivity contribution in [2.24, 2.45) is 0 Å². The van der Waals surface area contributed by atoms with Gasteiger partial charge >= 0.3 is 5.97 Å². The molecule has 1 aromatic heterocycles. The van der Waals surface area contributed by atoms with Gasteiger partial charge in [-0.3, -0.25) is 0 Å². The van der Waals surface area contributed by atoms with Crippen molar-refractivity contribution in [1.82, 2.24) is 4.57 Å². The summed E-state index contributed by atoms with van der Waals surface area (Å²) in [6.45, 7) is 8.77. The summed E-state index contributed by atoms with van der Waals surface area (Å²) in [5, 5.41) is 9.26. The molecule has 2 rings (SSSR count). The fourth-order valence-corrected chi connectivity index (χ4v) is 2.50. The average molecular weight is 257 g/mol. The molecule has 0 saturated carbocycles. The number of carbonyl (C=O) groups is 1. The Labute approximate surface area is 113 Å². The predicted octanol–water partition coefficient (Wildman–Crippen LogP) is 3.80. The first-order chi connectivity index (χ1) is 8.95. The van der Waals surface area contributed by atoms with E-state index in [1.54, 1.807) is 6.07 Å². The van der Waals surface area contributed by atoms with Gasteiger partial charge in [-0.1, -0.05) is 17.7 Å². The van der Waals surface area contributed by atoms with Crippen LogP contribution in [0.25, 0.3) is 11.3 Å². The molecule has 0 unspecified atom stereocenters. The van der Waals surface area contributed by atoms with Crippen LogP contribution in [0.2, 0.25) is 0 Å². The van der Waals surface area contributed by atoms with E-state index in [4.69, 9.17) is 0 Å². The fraction of sp³-hybridized carbons (Fsp3) is 0.312. The SMILES string of the molecule is CCn1c(-c2cc(C)ccc2C)cc(C(=O)O)c1C. The molecule has 0 aliphatic rings. The quantitative estimate of drug-likeness (QED) is 0.908. The third kappa shape index (κ3) is 2.28. The molecular formula is C16H19NO2. The Kier molecular flexibility index (Phi) is 3.47. The minimum Gasteiger partial charge on any atom is -0.478 e. The standard InChI is InChI=1S/C16H19NO2/c1-5-17-12(4)14(16(18)19)9-15(17)13-8-10(2)6-7-11(13)3/h6-9H,5H2,1-4H3,(H,18,19). The first-order valence-electron chi connectivity index (χ1n) is 6.46. The molecule has 1 aromatic carbocycles. The summed E-state index contributed by atoms with van der Waals surface area (Å²) in [5.41, 5.74) is 5.63. The Morgan fingerprint density at radius 3 is 2.47 bits per heavy atom. The molecule has 1 heterocycles. The van der Waals surface area contributed by atoms with E-state index in [-0.39, 0.29) is 0 Å². The van der Waals surface area contributed by atoms with Gasteiger partial charge in [-0.05, 0) is 45.4 Å². The molecule has 100 valence electrons. The number of rotatable bonds is 3. The highest BCUT2D eigenvalue weighted by molar-refractivity contribution is 5.91. The van der Waals surface area contributed by atoms with Crippen LogP contribution in [0.5, 0.6) is 0 Å². The van der Waals surface area contributed by atoms with Crippen molar-refractivity contribution in [2.45, 2.75) is 34.2 Å². The van der Waals surface area contributed by atoms with Crippen molar-refractivity contribution < 1.29 is 9.90 Å². The lowest BCUT2D eigenvalue weighted by molar-refractivity contribution is 0.0696. The van der Waals surface area contributed by atoms with Crippen LogP contribution >= 0.6 is 0 Å². The Hall–Kier alpha value is -2.03. The lowest BCUT2D eigenvalue weighted by Gasteiger charge is -2.12. The lowest BCUT2D eigenvalue weighted by Crippen LogP contribution is -2.03. The molecule has 0 fully saturated rings. The number of carboxylic acids is 1. The normalized spacial score (nSPS) is 10.7. The maximum Gasteiger partial charge on any atom is 0.337 e. The van der Waals surface area contributed by atoms with Gasteiger partial charge in [0.1, 0.15) is 0 Å². The first-order valence-corrected chi connectivity index (χ1v) is 6.46. The molecule has 0 bridgehead atoms. The number of aryl methyl sites for hydroxylation is 2. The van der Waals surface area contributed by atoms with E-state index < -0.39 is 5.97 Å². The molecule has 19 heavy (non-hydrogen) atoms. The van der Waals surface area contributed by atoms with E-state index in [9.17, 15) is 9.90 Å². The maximum atomic E-state index is 11.3. The Bertz CT molecular complexity index is 638. The number of nitrogens with zero attached hydrogens (tertiary/aromatic N) is 1. The molecule has 0 atom stereocenters. The largest absolute Gasteiger partial charge is 0.478 e. The zero-order chi connectivity index (χ0) is 14.2. The number of carboxylic acid groups (broad SMARTS) is 1. The van der Waals surface area contributed by atoms with Gasteiger partial charge in [0.25, 0.3) is 0 Å². The summed E-state index contributed by atoms with van der Waals surface area (Å²) in [7, 11) is 0. The lowest BCUT2D eigenvalue weighted by atomic mass is 10.0. The first kappa shape index (κ1) is 13.4. The maximum absolute atomic E-state index is 11.3. The summed E-state index contributed by atoms with van der Waals surface area (Å²) in [6, 6.07) is 8.04. The highest BCUT2D eigenvalue weighted by atomic mass is 16.4. The molecule has 0 amide bonds. The summed E-state index contributed by atoms with van der Waals surface area (Å²) in [6.07, 6.45) is 0. The average Bonchev–Trinajstić information content (AvgIpc) is 2.69. The van der Waals surface area contributed by atoms with Gasteiger partial charge in [0.15, 0.2) is 0 Å². The second-order valence-corrected chi connectivity index (χ2v) is 4.90. The van der Waals surface area contributed by atoms with Crippen LogP contribution in [0.4, 0.5) is 0 Å². The number of hydrogen-bond acceptors (Lipinski definition) is 1. The number of benzene rings is 1. The minimum absolute atomic E-state index is 0.387. The molecule has 0 aliphatic heterocycles. The van der Waals surface area contributed by atoms with Gasteiger partial charge in [0.2, 0.25) is 0 Å². The number of aromatic carboxylic acids is 1. The molecule has 3 nitrogen and oxygen atoms in total. The van der Waals surface area contributed by atoms with E-state index in [1.165, 1.54) is 5.56 Å². The van der Waals surface area contributed by atoms with Gasteiger partial charge in [-0.15, -0.1) is 0 Å². The van der Waals surface area contributed by atoms with Gasteiger partial charge < -0.3 is 9.67 Å². The topological polar surface area (TPSA) is 42.2 Å². The molecule has 2 aromatic rings. The van der Waals surface area contributed by atoms with Gasteiger partial charge in [-0.2, -0.15) is 0 Å². The van der Waals surface area contributed by atoms with E-state index in [2.05, 4.69) is 29.7 Å². The molecule has 0 spiro atoms. The van der Waals surface area contributed by atoms with Crippen LogP contribution in [0.3, 0.4) is 0 Å². The monoisotopic (exact) mass is 257 g/mol. The van der Waals surface area contributed by atoms with E-state index in [1.807, 2.05) is 20.8 Å². The third-order valence-corrected chi connectivity index (χ3v) is 3.58. The molecular weight excluding hydrogens is 238 g/mol.